The molecule has 1 aromatic carbocycles. The summed E-state index contributed by atoms with van der Waals surface area (Å²) in [5.41, 5.74) is 0.878. The van der Waals surface area contributed by atoms with Crippen LogP contribution in [0.2, 0.25) is 0 Å². The molecule has 0 amide bonds. The van der Waals surface area contributed by atoms with E-state index in [9.17, 15) is 8.78 Å². The highest BCUT2D eigenvalue weighted by Gasteiger charge is 2.28. The van der Waals surface area contributed by atoms with Crippen molar-refractivity contribution < 1.29 is 8.78 Å². The predicted molar refractivity (Wildman–Crippen MR) is 69.4 cm³/mol. The predicted octanol–water partition coefficient (Wildman–Crippen LogP) is 4.20. The molecule has 0 bridgehead atoms. The van der Waals surface area contributed by atoms with Gasteiger partial charge in [0.2, 0.25) is 0 Å². The van der Waals surface area contributed by atoms with Crippen molar-refractivity contribution in [1.82, 2.24) is 5.32 Å². The quantitative estimate of drug-likeness (QED) is 0.848. The Morgan fingerprint density at radius 3 is 2.56 bits per heavy atom. The Hall–Kier alpha value is -0.960. The molecule has 1 aliphatic rings. The van der Waals surface area contributed by atoms with Crippen LogP contribution in [0, 0.1) is 17.0 Å². The molecule has 0 radical (unpaired) electrons. The minimum atomic E-state index is -0.522. The second-order valence-corrected chi connectivity index (χ2v) is 5.79. The maximum atomic E-state index is 13.6. The summed E-state index contributed by atoms with van der Waals surface area (Å²) < 4.78 is 26.5. The van der Waals surface area contributed by atoms with Gasteiger partial charge in [0.15, 0.2) is 0 Å². The van der Waals surface area contributed by atoms with Crippen LogP contribution in [-0.4, -0.2) is 6.54 Å². The molecule has 1 saturated carbocycles. The van der Waals surface area contributed by atoms with E-state index in [1.807, 2.05) is 6.92 Å². The van der Waals surface area contributed by atoms with Crippen molar-refractivity contribution in [3.05, 3.63) is 35.4 Å². The molecule has 1 unspecified atom stereocenters. The van der Waals surface area contributed by atoms with Crippen LogP contribution in [0.3, 0.4) is 0 Å². The van der Waals surface area contributed by atoms with E-state index in [1.165, 1.54) is 37.8 Å². The average Bonchev–Trinajstić information content (AvgIpc) is 2.74. The number of halogens is 2. The largest absolute Gasteiger partial charge is 0.310 e. The van der Waals surface area contributed by atoms with Gasteiger partial charge < -0.3 is 5.32 Å². The molecule has 0 aromatic heterocycles. The fourth-order valence-corrected chi connectivity index (χ4v) is 2.77. The maximum absolute atomic E-state index is 13.6. The Morgan fingerprint density at radius 2 is 1.94 bits per heavy atom. The third-order valence-electron chi connectivity index (χ3n) is 4.07. The zero-order valence-corrected chi connectivity index (χ0v) is 11.1. The standard InChI is InChI=1S/C15H21F2N/c1-11(13-6-5-12(16)9-14(13)17)18-10-15(2)7-3-4-8-15/h5-6,9,11,18H,3-4,7-8,10H2,1-2H3. The van der Waals surface area contributed by atoms with E-state index < -0.39 is 11.6 Å². The van der Waals surface area contributed by atoms with Gasteiger partial charge in [-0.2, -0.15) is 0 Å². The molecule has 1 aromatic rings. The minimum absolute atomic E-state index is 0.0805. The summed E-state index contributed by atoms with van der Waals surface area (Å²) in [6, 6.07) is 3.71. The van der Waals surface area contributed by atoms with Gasteiger partial charge in [0.05, 0.1) is 0 Å². The molecule has 1 N–H and O–H groups in total. The zero-order chi connectivity index (χ0) is 13.2. The van der Waals surface area contributed by atoms with Crippen LogP contribution in [0.4, 0.5) is 8.78 Å². The third-order valence-corrected chi connectivity index (χ3v) is 4.07. The summed E-state index contributed by atoms with van der Waals surface area (Å²) in [4.78, 5) is 0. The number of hydrogen-bond acceptors (Lipinski definition) is 1. The van der Waals surface area contributed by atoms with Gasteiger partial charge in [-0.05, 0) is 31.2 Å². The highest BCUT2D eigenvalue weighted by molar-refractivity contribution is 5.21. The van der Waals surface area contributed by atoms with E-state index in [1.54, 1.807) is 0 Å². The number of rotatable bonds is 4. The van der Waals surface area contributed by atoms with E-state index in [2.05, 4.69) is 12.2 Å². The van der Waals surface area contributed by atoms with Crippen molar-refractivity contribution in [1.29, 1.82) is 0 Å². The molecule has 1 aliphatic carbocycles. The molecule has 3 heteroatoms. The van der Waals surface area contributed by atoms with Crippen LogP contribution in [0.5, 0.6) is 0 Å². The summed E-state index contributed by atoms with van der Waals surface area (Å²) >= 11 is 0. The smallest absolute Gasteiger partial charge is 0.130 e. The zero-order valence-electron chi connectivity index (χ0n) is 11.1. The Kier molecular flexibility index (Phi) is 4.00. The van der Waals surface area contributed by atoms with Crippen molar-refractivity contribution in [3.63, 3.8) is 0 Å². The highest BCUT2D eigenvalue weighted by Crippen LogP contribution is 2.37. The van der Waals surface area contributed by atoms with Crippen molar-refractivity contribution in [2.75, 3.05) is 6.54 Å². The number of benzene rings is 1. The summed E-state index contributed by atoms with van der Waals surface area (Å²) in [5.74, 6) is -0.988. The minimum Gasteiger partial charge on any atom is -0.310 e. The molecule has 0 aliphatic heterocycles. The third kappa shape index (κ3) is 3.08. The summed E-state index contributed by atoms with van der Waals surface area (Å²) in [6.45, 7) is 5.10. The Bertz CT molecular complexity index is 411. The first-order valence-corrected chi connectivity index (χ1v) is 6.68. The lowest BCUT2D eigenvalue weighted by atomic mass is 9.88. The first kappa shape index (κ1) is 13.5. The Labute approximate surface area is 108 Å². The second kappa shape index (κ2) is 5.35. The Balaban J connectivity index is 1.97. The van der Waals surface area contributed by atoms with Crippen LogP contribution >= 0.6 is 0 Å². The monoisotopic (exact) mass is 253 g/mol. The van der Waals surface area contributed by atoms with Gasteiger partial charge in [-0.3, -0.25) is 0 Å². The maximum Gasteiger partial charge on any atom is 0.130 e. The summed E-state index contributed by atoms with van der Waals surface area (Å²) in [6.07, 6.45) is 5.05. The number of nitrogens with one attached hydrogen (secondary N) is 1. The van der Waals surface area contributed by atoms with Gasteiger partial charge in [-0.25, -0.2) is 8.78 Å². The SMILES string of the molecule is CC(NCC1(C)CCCC1)c1ccc(F)cc1F. The van der Waals surface area contributed by atoms with Gasteiger partial charge >= 0.3 is 0 Å². The topological polar surface area (TPSA) is 12.0 Å². The van der Waals surface area contributed by atoms with E-state index in [0.717, 1.165) is 12.6 Å². The van der Waals surface area contributed by atoms with Crippen LogP contribution in [0.1, 0.15) is 51.1 Å². The summed E-state index contributed by atoms with van der Waals surface area (Å²) in [5, 5.41) is 3.38. The molecule has 2 rings (SSSR count). The van der Waals surface area contributed by atoms with Crippen LogP contribution in [0.25, 0.3) is 0 Å². The first-order chi connectivity index (χ1) is 8.50. The average molecular weight is 253 g/mol. The highest BCUT2D eigenvalue weighted by atomic mass is 19.1. The van der Waals surface area contributed by atoms with Crippen LogP contribution in [0.15, 0.2) is 18.2 Å². The second-order valence-electron chi connectivity index (χ2n) is 5.79. The van der Waals surface area contributed by atoms with Gasteiger partial charge in [0, 0.05) is 24.2 Å². The normalized spacial score (nSPS) is 20.0. The molecule has 0 spiro atoms. The molecule has 100 valence electrons. The molecular formula is C15H21F2N. The van der Waals surface area contributed by atoms with Gasteiger partial charge in [-0.1, -0.05) is 25.8 Å². The van der Waals surface area contributed by atoms with Gasteiger partial charge in [0.1, 0.15) is 11.6 Å². The van der Waals surface area contributed by atoms with E-state index in [-0.39, 0.29) is 6.04 Å². The van der Waals surface area contributed by atoms with E-state index >= 15 is 0 Å². The lowest BCUT2D eigenvalue weighted by molar-refractivity contribution is 0.300. The fourth-order valence-electron chi connectivity index (χ4n) is 2.77. The first-order valence-electron chi connectivity index (χ1n) is 6.68. The van der Waals surface area contributed by atoms with E-state index in [0.29, 0.717) is 11.0 Å². The van der Waals surface area contributed by atoms with Gasteiger partial charge in [-0.15, -0.1) is 0 Å². The molecule has 0 saturated heterocycles. The lowest BCUT2D eigenvalue weighted by Crippen LogP contribution is -2.31. The number of hydrogen-bond donors (Lipinski definition) is 1. The fraction of sp³-hybridized carbons (Fsp3) is 0.600. The van der Waals surface area contributed by atoms with Gasteiger partial charge in [0.25, 0.3) is 0 Å². The van der Waals surface area contributed by atoms with Crippen molar-refractivity contribution in [2.24, 2.45) is 5.41 Å². The Morgan fingerprint density at radius 1 is 1.28 bits per heavy atom. The van der Waals surface area contributed by atoms with Crippen molar-refractivity contribution in [2.45, 2.75) is 45.6 Å². The van der Waals surface area contributed by atoms with Crippen LogP contribution in [-0.2, 0) is 0 Å². The van der Waals surface area contributed by atoms with Crippen LogP contribution < -0.4 is 5.32 Å². The molecule has 1 fully saturated rings. The molecule has 1 atom stereocenters. The lowest BCUT2D eigenvalue weighted by Gasteiger charge is -2.26. The molecule has 18 heavy (non-hydrogen) atoms. The van der Waals surface area contributed by atoms with E-state index in [4.69, 9.17) is 0 Å². The molecular weight excluding hydrogens is 232 g/mol. The molecule has 1 nitrogen and oxygen atoms in total. The molecule has 0 heterocycles. The summed E-state index contributed by atoms with van der Waals surface area (Å²) in [7, 11) is 0. The van der Waals surface area contributed by atoms with Crippen molar-refractivity contribution >= 4 is 0 Å². The van der Waals surface area contributed by atoms with Crippen molar-refractivity contribution in [3.8, 4) is 0 Å².